The van der Waals surface area contributed by atoms with Crippen molar-refractivity contribution >= 4 is 5.84 Å². The first-order chi connectivity index (χ1) is 7.27. The molecule has 0 radical (unpaired) electrons. The molecule has 2 aromatic rings. The molecule has 0 aliphatic rings. The van der Waals surface area contributed by atoms with Crippen molar-refractivity contribution < 1.29 is 0 Å². The molecule has 4 N–H and O–H groups in total. The standard InChI is InChI=1S/C10H11N5/c11-9(12)4-8-6-14-15-10(8)7-2-1-3-13-5-7/h1-3,5-6H,4H2,(H3,11,12)(H,14,15). The van der Waals surface area contributed by atoms with Gasteiger partial charge in [-0.1, -0.05) is 0 Å². The van der Waals surface area contributed by atoms with Crippen LogP contribution in [0.25, 0.3) is 11.3 Å². The van der Waals surface area contributed by atoms with E-state index in [9.17, 15) is 0 Å². The molecular weight excluding hydrogens is 190 g/mol. The number of aromatic nitrogens is 3. The Morgan fingerprint density at radius 1 is 1.47 bits per heavy atom. The zero-order chi connectivity index (χ0) is 10.7. The predicted molar refractivity (Wildman–Crippen MR) is 57.4 cm³/mol. The molecule has 0 atom stereocenters. The van der Waals surface area contributed by atoms with Gasteiger partial charge >= 0.3 is 0 Å². The number of H-pyrrole nitrogens is 1. The maximum Gasteiger partial charge on any atom is 0.0951 e. The van der Waals surface area contributed by atoms with Crippen LogP contribution in [0.2, 0.25) is 0 Å². The first-order valence-corrected chi connectivity index (χ1v) is 4.53. The quantitative estimate of drug-likeness (QED) is 0.510. The van der Waals surface area contributed by atoms with E-state index in [0.717, 1.165) is 16.8 Å². The average Bonchev–Trinajstić information content (AvgIpc) is 2.66. The number of nitrogens with two attached hydrogens (primary N) is 1. The van der Waals surface area contributed by atoms with Crippen LogP contribution in [-0.2, 0) is 6.42 Å². The van der Waals surface area contributed by atoms with Crippen LogP contribution in [-0.4, -0.2) is 21.0 Å². The second-order valence-corrected chi connectivity index (χ2v) is 3.21. The van der Waals surface area contributed by atoms with Crippen molar-refractivity contribution in [3.8, 4) is 11.3 Å². The number of hydrogen-bond acceptors (Lipinski definition) is 3. The monoisotopic (exact) mass is 201 g/mol. The average molecular weight is 201 g/mol. The van der Waals surface area contributed by atoms with E-state index < -0.39 is 0 Å². The summed E-state index contributed by atoms with van der Waals surface area (Å²) in [6.07, 6.45) is 5.55. The fourth-order valence-electron chi connectivity index (χ4n) is 1.41. The summed E-state index contributed by atoms with van der Waals surface area (Å²) >= 11 is 0. The molecule has 0 fully saturated rings. The van der Waals surface area contributed by atoms with Gasteiger partial charge in [0.15, 0.2) is 0 Å². The Hall–Kier alpha value is -2.17. The van der Waals surface area contributed by atoms with E-state index in [0.29, 0.717) is 6.42 Å². The van der Waals surface area contributed by atoms with Crippen LogP contribution in [0, 0.1) is 5.41 Å². The highest BCUT2D eigenvalue weighted by atomic mass is 15.1. The first kappa shape index (κ1) is 9.39. The Kier molecular flexibility index (Phi) is 2.45. The van der Waals surface area contributed by atoms with Crippen molar-refractivity contribution in [2.24, 2.45) is 5.73 Å². The molecule has 0 aromatic carbocycles. The maximum absolute atomic E-state index is 7.25. The highest BCUT2D eigenvalue weighted by Gasteiger charge is 2.08. The number of amidine groups is 1. The molecule has 5 heteroatoms. The minimum absolute atomic E-state index is 0.126. The highest BCUT2D eigenvalue weighted by Crippen LogP contribution is 2.19. The molecule has 2 heterocycles. The lowest BCUT2D eigenvalue weighted by atomic mass is 10.1. The molecule has 5 nitrogen and oxygen atoms in total. The number of nitrogens with one attached hydrogen (secondary N) is 2. The Labute approximate surface area is 86.9 Å². The van der Waals surface area contributed by atoms with Crippen LogP contribution in [0.5, 0.6) is 0 Å². The molecule has 0 bridgehead atoms. The zero-order valence-corrected chi connectivity index (χ0v) is 8.07. The predicted octanol–water partition coefficient (Wildman–Crippen LogP) is 0.950. The van der Waals surface area contributed by atoms with Gasteiger partial charge in [0.1, 0.15) is 0 Å². The summed E-state index contributed by atoms with van der Waals surface area (Å²) < 4.78 is 0. The SMILES string of the molecule is N=C(N)Cc1cn[nH]c1-c1cccnc1. The lowest BCUT2D eigenvalue weighted by molar-refractivity contribution is 1.09. The Morgan fingerprint density at radius 2 is 2.33 bits per heavy atom. The largest absolute Gasteiger partial charge is 0.387 e. The third-order valence-electron chi connectivity index (χ3n) is 2.05. The van der Waals surface area contributed by atoms with Crippen LogP contribution in [0.3, 0.4) is 0 Å². The van der Waals surface area contributed by atoms with Gasteiger partial charge < -0.3 is 5.73 Å². The van der Waals surface area contributed by atoms with E-state index in [1.807, 2.05) is 12.1 Å². The molecule has 2 rings (SSSR count). The molecule has 2 aromatic heterocycles. The van der Waals surface area contributed by atoms with Crippen LogP contribution in [0.15, 0.2) is 30.7 Å². The zero-order valence-electron chi connectivity index (χ0n) is 8.07. The van der Waals surface area contributed by atoms with E-state index in [1.165, 1.54) is 0 Å². The second-order valence-electron chi connectivity index (χ2n) is 3.21. The first-order valence-electron chi connectivity index (χ1n) is 4.53. The van der Waals surface area contributed by atoms with Crippen molar-refractivity contribution in [1.29, 1.82) is 5.41 Å². The Bertz CT molecular complexity index is 460. The van der Waals surface area contributed by atoms with Crippen molar-refractivity contribution in [3.05, 3.63) is 36.3 Å². The van der Waals surface area contributed by atoms with E-state index in [4.69, 9.17) is 11.1 Å². The molecule has 0 amide bonds. The fraction of sp³-hybridized carbons (Fsp3) is 0.100. The number of aromatic amines is 1. The normalized spacial score (nSPS) is 10.1. The van der Waals surface area contributed by atoms with Crippen LogP contribution >= 0.6 is 0 Å². The third-order valence-corrected chi connectivity index (χ3v) is 2.05. The molecule has 0 saturated carbocycles. The van der Waals surface area contributed by atoms with Gasteiger partial charge in [-0.3, -0.25) is 15.5 Å². The molecule has 15 heavy (non-hydrogen) atoms. The number of rotatable bonds is 3. The molecule has 0 aliphatic carbocycles. The van der Waals surface area contributed by atoms with E-state index >= 15 is 0 Å². The molecule has 76 valence electrons. The summed E-state index contributed by atoms with van der Waals surface area (Å²) in [6.45, 7) is 0. The van der Waals surface area contributed by atoms with Crippen molar-refractivity contribution in [2.45, 2.75) is 6.42 Å². The van der Waals surface area contributed by atoms with Gasteiger partial charge in [-0.25, -0.2) is 0 Å². The van der Waals surface area contributed by atoms with Gasteiger partial charge in [-0.2, -0.15) is 5.10 Å². The summed E-state index contributed by atoms with van der Waals surface area (Å²) in [4.78, 5) is 4.03. The minimum Gasteiger partial charge on any atom is -0.387 e. The lowest BCUT2D eigenvalue weighted by Crippen LogP contribution is -2.12. The van der Waals surface area contributed by atoms with Crippen LogP contribution < -0.4 is 5.73 Å². The summed E-state index contributed by atoms with van der Waals surface area (Å²) in [5.74, 6) is 0.126. The lowest BCUT2D eigenvalue weighted by Gasteiger charge is -2.01. The summed E-state index contributed by atoms with van der Waals surface area (Å²) in [6, 6.07) is 3.79. The summed E-state index contributed by atoms with van der Waals surface area (Å²) in [5, 5.41) is 14.1. The smallest absolute Gasteiger partial charge is 0.0951 e. The third kappa shape index (κ3) is 2.01. The number of pyridine rings is 1. The summed E-state index contributed by atoms with van der Waals surface area (Å²) in [7, 11) is 0. The van der Waals surface area contributed by atoms with Gasteiger partial charge in [0.2, 0.25) is 0 Å². The van der Waals surface area contributed by atoms with E-state index in [-0.39, 0.29) is 5.84 Å². The topological polar surface area (TPSA) is 91.4 Å². The molecule has 0 aliphatic heterocycles. The van der Waals surface area contributed by atoms with Gasteiger partial charge in [0.25, 0.3) is 0 Å². The maximum atomic E-state index is 7.25. The van der Waals surface area contributed by atoms with Gasteiger partial charge in [0.05, 0.1) is 17.7 Å². The van der Waals surface area contributed by atoms with Crippen molar-refractivity contribution in [2.75, 3.05) is 0 Å². The van der Waals surface area contributed by atoms with Crippen LogP contribution in [0.1, 0.15) is 5.56 Å². The van der Waals surface area contributed by atoms with Crippen molar-refractivity contribution in [1.82, 2.24) is 15.2 Å². The Morgan fingerprint density at radius 3 is 3.00 bits per heavy atom. The van der Waals surface area contributed by atoms with Gasteiger partial charge in [-0.15, -0.1) is 0 Å². The molecule has 0 unspecified atom stereocenters. The minimum atomic E-state index is 0.126. The summed E-state index contributed by atoms with van der Waals surface area (Å²) in [5.41, 5.74) is 8.09. The molecule has 0 spiro atoms. The number of hydrogen-bond donors (Lipinski definition) is 3. The highest BCUT2D eigenvalue weighted by molar-refractivity contribution is 5.81. The fourth-order valence-corrected chi connectivity index (χ4v) is 1.41. The van der Waals surface area contributed by atoms with Gasteiger partial charge in [-0.05, 0) is 12.1 Å². The van der Waals surface area contributed by atoms with Crippen LogP contribution in [0.4, 0.5) is 0 Å². The second kappa shape index (κ2) is 3.91. The Balaban J connectivity index is 2.37. The number of nitrogens with zero attached hydrogens (tertiary/aromatic N) is 2. The molecule has 0 saturated heterocycles. The molecular formula is C10H11N5. The van der Waals surface area contributed by atoms with Crippen molar-refractivity contribution in [3.63, 3.8) is 0 Å². The van der Waals surface area contributed by atoms with E-state index in [1.54, 1.807) is 18.6 Å². The van der Waals surface area contributed by atoms with E-state index in [2.05, 4.69) is 15.2 Å². The van der Waals surface area contributed by atoms with Gasteiger partial charge in [0, 0.05) is 29.9 Å².